The molecule has 0 aliphatic carbocycles. The fraction of sp³-hybridized carbons (Fsp3) is 0.857. The molecule has 0 bridgehead atoms. The number of hydrogen-bond donors (Lipinski definition) is 0. The third-order valence-electron chi connectivity index (χ3n) is 2.53. The predicted octanol–water partition coefficient (Wildman–Crippen LogP) is 5.14. The molecule has 1 unspecified atom stereocenters. The summed E-state index contributed by atoms with van der Waals surface area (Å²) in [5.41, 5.74) is 0. The molecule has 16 heavy (non-hydrogen) atoms. The molecule has 0 fully saturated rings. The van der Waals surface area contributed by atoms with Crippen molar-refractivity contribution in [2.24, 2.45) is 0 Å². The lowest BCUT2D eigenvalue weighted by atomic mass is 10.1. The van der Waals surface area contributed by atoms with Crippen molar-refractivity contribution in [3.8, 4) is 0 Å². The highest BCUT2D eigenvalue weighted by atomic mass is 28.4. The van der Waals surface area contributed by atoms with E-state index in [4.69, 9.17) is 4.43 Å². The van der Waals surface area contributed by atoms with Crippen molar-refractivity contribution in [3.05, 3.63) is 12.2 Å². The molecule has 0 aromatic heterocycles. The molecule has 2 heteroatoms. The zero-order valence-electron chi connectivity index (χ0n) is 11.9. The van der Waals surface area contributed by atoms with Crippen LogP contribution in [0.2, 0.25) is 19.6 Å². The number of rotatable bonds is 9. The van der Waals surface area contributed by atoms with Crippen LogP contribution in [0.5, 0.6) is 0 Å². The van der Waals surface area contributed by atoms with Crippen molar-refractivity contribution in [2.45, 2.75) is 78.1 Å². The van der Waals surface area contributed by atoms with Gasteiger partial charge in [-0.25, -0.2) is 0 Å². The maximum Gasteiger partial charge on any atom is 0.184 e. The summed E-state index contributed by atoms with van der Waals surface area (Å²) in [4.78, 5) is 0. The smallest absolute Gasteiger partial charge is 0.184 e. The summed E-state index contributed by atoms with van der Waals surface area (Å²) in [7, 11) is -1.37. The van der Waals surface area contributed by atoms with Gasteiger partial charge in [-0.15, -0.1) is 0 Å². The zero-order valence-corrected chi connectivity index (χ0v) is 12.9. The van der Waals surface area contributed by atoms with Gasteiger partial charge in [-0.05, 0) is 39.4 Å². The largest absolute Gasteiger partial charge is 0.414 e. The van der Waals surface area contributed by atoms with Crippen molar-refractivity contribution in [3.63, 3.8) is 0 Å². The molecule has 0 aliphatic rings. The Morgan fingerprint density at radius 1 is 1.12 bits per heavy atom. The maximum absolute atomic E-state index is 6.21. The third-order valence-corrected chi connectivity index (χ3v) is 3.57. The van der Waals surface area contributed by atoms with Crippen LogP contribution in [0.1, 0.15) is 52.4 Å². The Morgan fingerprint density at radius 3 is 2.31 bits per heavy atom. The highest BCUT2D eigenvalue weighted by molar-refractivity contribution is 6.69. The van der Waals surface area contributed by atoms with E-state index in [1.807, 2.05) is 0 Å². The van der Waals surface area contributed by atoms with Gasteiger partial charge in [0.25, 0.3) is 0 Å². The minimum Gasteiger partial charge on any atom is -0.414 e. The van der Waals surface area contributed by atoms with Gasteiger partial charge in [0.1, 0.15) is 0 Å². The van der Waals surface area contributed by atoms with Crippen molar-refractivity contribution < 1.29 is 4.43 Å². The Morgan fingerprint density at radius 2 is 1.81 bits per heavy atom. The van der Waals surface area contributed by atoms with Crippen molar-refractivity contribution >= 4 is 8.32 Å². The molecular formula is C14H30OSi. The van der Waals surface area contributed by atoms with Crippen molar-refractivity contribution in [2.75, 3.05) is 0 Å². The molecule has 0 heterocycles. The quantitative estimate of drug-likeness (QED) is 0.309. The average Bonchev–Trinajstić information content (AvgIpc) is 2.18. The molecule has 0 saturated carbocycles. The highest BCUT2D eigenvalue weighted by Crippen LogP contribution is 2.17. The molecular weight excluding hydrogens is 212 g/mol. The molecule has 0 N–H and O–H groups in total. The molecule has 0 spiro atoms. The van der Waals surface area contributed by atoms with E-state index in [1.54, 1.807) is 0 Å². The summed E-state index contributed by atoms with van der Waals surface area (Å²) >= 11 is 0. The minimum atomic E-state index is -1.37. The Balaban J connectivity index is 3.90. The summed E-state index contributed by atoms with van der Waals surface area (Å²) in [6.45, 7) is 11.2. The standard InChI is InChI=1S/C14H30OSi/c1-6-8-10-11-13-14(12-9-7-2)15-16(3,4)5/h7,9,14H,6,8,10-13H2,1-5H3. The van der Waals surface area contributed by atoms with Gasteiger partial charge in [-0.2, -0.15) is 0 Å². The van der Waals surface area contributed by atoms with E-state index in [-0.39, 0.29) is 0 Å². The second-order valence-electron chi connectivity index (χ2n) is 5.51. The predicted molar refractivity (Wildman–Crippen MR) is 76.4 cm³/mol. The number of allylic oxidation sites excluding steroid dienone is 1. The van der Waals surface area contributed by atoms with E-state index in [0.717, 1.165) is 6.42 Å². The van der Waals surface area contributed by atoms with Crippen LogP contribution in [0, 0.1) is 0 Å². The molecule has 0 aliphatic heterocycles. The summed E-state index contributed by atoms with van der Waals surface area (Å²) in [6.07, 6.45) is 12.5. The lowest BCUT2D eigenvalue weighted by Gasteiger charge is -2.25. The third kappa shape index (κ3) is 10.4. The Labute approximate surface area is 103 Å². The van der Waals surface area contributed by atoms with Gasteiger partial charge >= 0.3 is 0 Å². The first-order chi connectivity index (χ1) is 7.49. The Hall–Kier alpha value is -0.0831. The van der Waals surface area contributed by atoms with Crippen LogP contribution < -0.4 is 0 Å². The van der Waals surface area contributed by atoms with E-state index >= 15 is 0 Å². The number of hydrogen-bond acceptors (Lipinski definition) is 1. The Kier molecular flexibility index (Phi) is 8.95. The SMILES string of the molecule is CC=CCC(CCCCCC)O[Si](C)(C)C. The normalized spacial score (nSPS) is 14.6. The first-order valence-corrected chi connectivity index (χ1v) is 10.2. The lowest BCUT2D eigenvalue weighted by molar-refractivity contribution is 0.182. The fourth-order valence-electron chi connectivity index (χ4n) is 1.81. The summed E-state index contributed by atoms with van der Waals surface area (Å²) < 4.78 is 6.21. The van der Waals surface area contributed by atoms with E-state index in [9.17, 15) is 0 Å². The Bertz CT molecular complexity index is 182. The lowest BCUT2D eigenvalue weighted by Crippen LogP contribution is -2.31. The van der Waals surface area contributed by atoms with Gasteiger partial charge in [-0.3, -0.25) is 0 Å². The van der Waals surface area contributed by atoms with Crippen LogP contribution in [0.3, 0.4) is 0 Å². The molecule has 0 rings (SSSR count). The van der Waals surface area contributed by atoms with E-state index in [0.29, 0.717) is 6.10 Å². The minimum absolute atomic E-state index is 0.458. The molecule has 0 radical (unpaired) electrons. The average molecular weight is 242 g/mol. The second-order valence-corrected chi connectivity index (χ2v) is 9.97. The molecule has 0 aromatic carbocycles. The first-order valence-electron chi connectivity index (χ1n) is 6.78. The highest BCUT2D eigenvalue weighted by Gasteiger charge is 2.19. The van der Waals surface area contributed by atoms with Crippen LogP contribution in [-0.2, 0) is 4.43 Å². The molecule has 1 atom stereocenters. The molecule has 0 amide bonds. The second kappa shape index (κ2) is 9.00. The molecule has 0 saturated heterocycles. The van der Waals surface area contributed by atoms with E-state index in [1.165, 1.54) is 32.1 Å². The van der Waals surface area contributed by atoms with Crippen LogP contribution >= 0.6 is 0 Å². The number of unbranched alkanes of at least 4 members (excludes halogenated alkanes) is 3. The van der Waals surface area contributed by atoms with Gasteiger partial charge in [0.2, 0.25) is 0 Å². The van der Waals surface area contributed by atoms with Crippen LogP contribution in [0.4, 0.5) is 0 Å². The topological polar surface area (TPSA) is 9.23 Å². The fourth-order valence-corrected chi connectivity index (χ4v) is 3.03. The van der Waals surface area contributed by atoms with Crippen LogP contribution in [0.25, 0.3) is 0 Å². The zero-order chi connectivity index (χ0) is 12.4. The molecule has 0 aromatic rings. The van der Waals surface area contributed by atoms with Gasteiger partial charge < -0.3 is 4.43 Å². The maximum atomic E-state index is 6.21. The van der Waals surface area contributed by atoms with Crippen LogP contribution in [0.15, 0.2) is 12.2 Å². The monoisotopic (exact) mass is 242 g/mol. The van der Waals surface area contributed by atoms with Gasteiger partial charge in [0.05, 0.1) is 0 Å². The first kappa shape index (κ1) is 15.9. The van der Waals surface area contributed by atoms with E-state index < -0.39 is 8.32 Å². The summed E-state index contributed by atoms with van der Waals surface area (Å²) in [5.74, 6) is 0. The van der Waals surface area contributed by atoms with Gasteiger partial charge in [0.15, 0.2) is 8.32 Å². The van der Waals surface area contributed by atoms with E-state index in [2.05, 4.69) is 45.6 Å². The summed E-state index contributed by atoms with van der Waals surface area (Å²) in [5, 5.41) is 0. The summed E-state index contributed by atoms with van der Waals surface area (Å²) in [6, 6.07) is 0. The van der Waals surface area contributed by atoms with Crippen LogP contribution in [-0.4, -0.2) is 14.4 Å². The van der Waals surface area contributed by atoms with Gasteiger partial charge in [0, 0.05) is 6.10 Å². The molecule has 1 nitrogen and oxygen atoms in total. The van der Waals surface area contributed by atoms with Gasteiger partial charge in [-0.1, -0.05) is 44.8 Å². The van der Waals surface area contributed by atoms with Crippen molar-refractivity contribution in [1.29, 1.82) is 0 Å². The van der Waals surface area contributed by atoms with Crippen molar-refractivity contribution in [1.82, 2.24) is 0 Å². The molecule has 96 valence electrons.